The standard InChI is InChI=1S/C33H43N5O7/c1-5-22-28(35-24-15-12-11-14-23(24)34-22)44-21-17-26-27(39)37-33(30(41)42)18-20(33)13-9-7-6-8-10-16-25(29(40)38(26)19-21)36-31(43)45-32(2,3)4/h9,11-15,20-21,25-26H,5-8,10,16-19H2,1-4H3,(H,36,43)(H,37,39)(H,41,42)/b13-9-/t20?,21-,25+,26?,33?/m1/s1. The molecular weight excluding hydrogens is 578 g/mol. The van der Waals surface area contributed by atoms with Gasteiger partial charge >= 0.3 is 12.1 Å². The Morgan fingerprint density at radius 3 is 2.56 bits per heavy atom. The van der Waals surface area contributed by atoms with E-state index in [1.165, 1.54) is 4.90 Å². The number of hydrogen-bond donors (Lipinski definition) is 3. The number of amides is 3. The Hall–Kier alpha value is -4.22. The molecule has 12 nitrogen and oxygen atoms in total. The summed E-state index contributed by atoms with van der Waals surface area (Å²) < 4.78 is 11.8. The quantitative estimate of drug-likeness (QED) is 0.421. The van der Waals surface area contributed by atoms with Crippen molar-refractivity contribution in [2.24, 2.45) is 5.92 Å². The van der Waals surface area contributed by atoms with Crippen LogP contribution in [0.25, 0.3) is 11.0 Å². The van der Waals surface area contributed by atoms with E-state index in [-0.39, 0.29) is 25.3 Å². The van der Waals surface area contributed by atoms with Crippen LogP contribution >= 0.6 is 0 Å². The highest BCUT2D eigenvalue weighted by Gasteiger charge is 2.61. The molecule has 3 heterocycles. The van der Waals surface area contributed by atoms with Crippen LogP contribution in [0.2, 0.25) is 0 Å². The van der Waals surface area contributed by atoms with Gasteiger partial charge in [0.2, 0.25) is 17.7 Å². The molecule has 1 aliphatic carbocycles. The smallest absolute Gasteiger partial charge is 0.408 e. The Morgan fingerprint density at radius 2 is 1.87 bits per heavy atom. The Labute approximate surface area is 262 Å². The van der Waals surface area contributed by atoms with Crippen molar-refractivity contribution in [3.8, 4) is 5.88 Å². The molecule has 2 fully saturated rings. The summed E-state index contributed by atoms with van der Waals surface area (Å²) in [5.74, 6) is -2.13. The van der Waals surface area contributed by atoms with E-state index in [0.29, 0.717) is 36.4 Å². The third kappa shape index (κ3) is 7.37. The second kappa shape index (κ2) is 13.0. The van der Waals surface area contributed by atoms with E-state index in [4.69, 9.17) is 14.5 Å². The van der Waals surface area contributed by atoms with Crippen LogP contribution in [-0.2, 0) is 25.5 Å². The normalized spacial score (nSPS) is 28.1. The first-order chi connectivity index (χ1) is 21.4. The van der Waals surface area contributed by atoms with Gasteiger partial charge in [0, 0.05) is 12.3 Å². The van der Waals surface area contributed by atoms with Crippen molar-refractivity contribution in [3.63, 3.8) is 0 Å². The van der Waals surface area contributed by atoms with Gasteiger partial charge in [-0.05, 0) is 65.0 Å². The summed E-state index contributed by atoms with van der Waals surface area (Å²) >= 11 is 0. The Balaban J connectivity index is 1.45. The third-order valence-corrected chi connectivity index (χ3v) is 8.53. The zero-order valence-corrected chi connectivity index (χ0v) is 26.4. The van der Waals surface area contributed by atoms with E-state index in [9.17, 15) is 24.3 Å². The van der Waals surface area contributed by atoms with Crippen molar-refractivity contribution >= 4 is 34.9 Å². The highest BCUT2D eigenvalue weighted by atomic mass is 16.6. The predicted octanol–water partition coefficient (Wildman–Crippen LogP) is 3.91. The number of nitrogens with zero attached hydrogens (tertiary/aromatic N) is 3. The second-order valence-electron chi connectivity index (χ2n) is 13.1. The van der Waals surface area contributed by atoms with E-state index >= 15 is 0 Å². The lowest BCUT2D eigenvalue weighted by Gasteiger charge is -2.30. The van der Waals surface area contributed by atoms with Gasteiger partial charge in [0.1, 0.15) is 35.0 Å². The fourth-order valence-electron chi connectivity index (χ4n) is 6.10. The number of carboxylic acids is 1. The fourth-order valence-corrected chi connectivity index (χ4v) is 6.10. The lowest BCUT2D eigenvalue weighted by Crippen LogP contribution is -2.56. The molecule has 0 bridgehead atoms. The number of carbonyl (C=O) groups is 4. The average Bonchev–Trinajstić information content (AvgIpc) is 3.51. The van der Waals surface area contributed by atoms with Gasteiger partial charge in [-0.15, -0.1) is 0 Å². The van der Waals surface area contributed by atoms with Crippen LogP contribution in [0.4, 0.5) is 4.79 Å². The van der Waals surface area contributed by atoms with Crippen LogP contribution in [-0.4, -0.2) is 79.7 Å². The van der Waals surface area contributed by atoms with Crippen molar-refractivity contribution in [1.29, 1.82) is 0 Å². The lowest BCUT2D eigenvalue weighted by atomic mass is 10.0. The molecule has 1 saturated carbocycles. The molecule has 12 heteroatoms. The molecule has 5 rings (SSSR count). The summed E-state index contributed by atoms with van der Waals surface area (Å²) in [6.45, 7) is 7.21. The monoisotopic (exact) mass is 621 g/mol. The lowest BCUT2D eigenvalue weighted by molar-refractivity contribution is -0.145. The minimum absolute atomic E-state index is 0.0461. The molecule has 45 heavy (non-hydrogen) atoms. The molecule has 3 N–H and O–H groups in total. The number of aryl methyl sites for hydroxylation is 1. The van der Waals surface area contributed by atoms with Crippen molar-refractivity contribution in [2.75, 3.05) is 6.54 Å². The maximum Gasteiger partial charge on any atom is 0.408 e. The van der Waals surface area contributed by atoms with Gasteiger partial charge in [-0.2, -0.15) is 0 Å². The second-order valence-corrected chi connectivity index (χ2v) is 13.1. The van der Waals surface area contributed by atoms with Gasteiger partial charge in [0.25, 0.3) is 0 Å². The van der Waals surface area contributed by atoms with Crippen molar-refractivity contribution in [3.05, 3.63) is 42.1 Å². The first kappa shape index (κ1) is 32.2. The molecular formula is C33H43N5O7. The van der Waals surface area contributed by atoms with E-state index in [0.717, 1.165) is 24.8 Å². The largest absolute Gasteiger partial charge is 0.479 e. The number of fused-ring (bicyclic) bond motifs is 3. The number of alkyl carbamates (subject to hydrolysis) is 1. The van der Waals surface area contributed by atoms with Crippen molar-refractivity contribution in [2.45, 2.75) is 108 Å². The van der Waals surface area contributed by atoms with E-state index in [1.54, 1.807) is 20.8 Å². The molecule has 2 aliphatic heterocycles. The number of aromatic nitrogens is 2. The molecule has 1 saturated heterocycles. The van der Waals surface area contributed by atoms with Crippen LogP contribution in [0, 0.1) is 5.92 Å². The van der Waals surface area contributed by atoms with E-state index in [1.807, 2.05) is 43.3 Å². The summed E-state index contributed by atoms with van der Waals surface area (Å²) in [5.41, 5.74) is -0.147. The number of carbonyl (C=O) groups excluding carboxylic acids is 3. The Kier molecular flexibility index (Phi) is 9.31. The number of aliphatic carboxylic acids is 1. The summed E-state index contributed by atoms with van der Waals surface area (Å²) in [6, 6.07) is 5.49. The molecule has 0 spiro atoms. The molecule has 5 atom stereocenters. The van der Waals surface area contributed by atoms with Gasteiger partial charge in [-0.3, -0.25) is 9.59 Å². The van der Waals surface area contributed by atoms with Crippen molar-refractivity contribution in [1.82, 2.24) is 25.5 Å². The van der Waals surface area contributed by atoms with Crippen molar-refractivity contribution < 1.29 is 33.8 Å². The molecule has 3 aliphatic rings. The minimum atomic E-state index is -1.42. The van der Waals surface area contributed by atoms with Gasteiger partial charge < -0.3 is 30.1 Å². The topological polar surface area (TPSA) is 160 Å². The fraction of sp³-hybridized carbons (Fsp3) is 0.576. The molecule has 242 valence electrons. The summed E-state index contributed by atoms with van der Waals surface area (Å²) in [6.07, 6.45) is 6.87. The van der Waals surface area contributed by atoms with Crippen LogP contribution in [0.5, 0.6) is 5.88 Å². The summed E-state index contributed by atoms with van der Waals surface area (Å²) in [5, 5.41) is 15.6. The van der Waals surface area contributed by atoms with Gasteiger partial charge in [-0.25, -0.2) is 19.6 Å². The third-order valence-electron chi connectivity index (χ3n) is 8.53. The summed E-state index contributed by atoms with van der Waals surface area (Å²) in [4.78, 5) is 64.0. The first-order valence-electron chi connectivity index (χ1n) is 15.8. The first-order valence-corrected chi connectivity index (χ1v) is 15.8. The molecule has 1 aromatic heterocycles. The Bertz CT molecular complexity index is 1490. The minimum Gasteiger partial charge on any atom is -0.479 e. The van der Waals surface area contributed by atoms with Gasteiger partial charge in [0.15, 0.2) is 0 Å². The highest BCUT2D eigenvalue weighted by molar-refractivity contribution is 5.96. The summed E-state index contributed by atoms with van der Waals surface area (Å²) in [7, 11) is 0. The van der Waals surface area contributed by atoms with Crippen LogP contribution < -0.4 is 15.4 Å². The maximum absolute atomic E-state index is 14.2. The zero-order valence-electron chi connectivity index (χ0n) is 26.4. The predicted molar refractivity (Wildman–Crippen MR) is 165 cm³/mol. The average molecular weight is 622 g/mol. The van der Waals surface area contributed by atoms with E-state index < -0.39 is 53.2 Å². The molecule has 1 aromatic carbocycles. The number of carboxylic acid groups (broad SMARTS) is 1. The molecule has 0 radical (unpaired) electrons. The number of allylic oxidation sites excluding steroid dienone is 1. The Morgan fingerprint density at radius 1 is 1.13 bits per heavy atom. The number of rotatable bonds is 5. The zero-order chi connectivity index (χ0) is 32.4. The van der Waals surface area contributed by atoms with Crippen LogP contribution in [0.1, 0.15) is 78.3 Å². The van der Waals surface area contributed by atoms with Gasteiger partial charge in [0.05, 0.1) is 17.6 Å². The SMILES string of the molecule is CCc1nc2ccccc2nc1O[C@@H]1CC2C(=O)NC3(C(=O)O)CC3/C=C\CCCCC[C@H](NC(=O)OC(C)(C)C)C(=O)N2C1. The number of nitrogens with one attached hydrogen (secondary N) is 2. The highest BCUT2D eigenvalue weighted by Crippen LogP contribution is 2.45. The van der Waals surface area contributed by atoms with E-state index in [2.05, 4.69) is 15.6 Å². The number of ether oxygens (including phenoxy) is 2. The number of para-hydroxylation sites is 2. The van der Waals surface area contributed by atoms with Crippen LogP contribution in [0.15, 0.2) is 36.4 Å². The molecule has 2 aromatic rings. The van der Waals surface area contributed by atoms with Crippen LogP contribution in [0.3, 0.4) is 0 Å². The molecule has 3 amide bonds. The van der Waals surface area contributed by atoms with Gasteiger partial charge in [-0.1, -0.05) is 44.1 Å². The number of hydrogen-bond acceptors (Lipinski definition) is 8. The molecule has 3 unspecified atom stereocenters. The maximum atomic E-state index is 14.2. The number of benzene rings is 1.